The van der Waals surface area contributed by atoms with Crippen molar-refractivity contribution in [2.75, 3.05) is 7.11 Å². The molecule has 4 aromatic rings. The Bertz CT molecular complexity index is 1150. The molecule has 4 rings (SSSR count). The van der Waals surface area contributed by atoms with Crippen molar-refractivity contribution in [1.29, 1.82) is 0 Å². The molecule has 0 spiro atoms. The van der Waals surface area contributed by atoms with Gasteiger partial charge in [0, 0.05) is 16.5 Å². The molecule has 0 saturated carbocycles. The third-order valence-electron chi connectivity index (χ3n) is 4.44. The average molecular weight is 394 g/mol. The smallest absolute Gasteiger partial charge is 0.290 e. The number of aromatic amines is 1. The van der Waals surface area contributed by atoms with Gasteiger partial charge in [-0.15, -0.1) is 11.3 Å². The van der Waals surface area contributed by atoms with E-state index in [1.54, 1.807) is 41.5 Å². The number of hydrogen-bond donors (Lipinski definition) is 1. The van der Waals surface area contributed by atoms with Crippen molar-refractivity contribution in [2.45, 2.75) is 13.1 Å². The zero-order valence-electron chi connectivity index (χ0n) is 15.2. The molecule has 0 fully saturated rings. The molecule has 142 valence electrons. The second-order valence-corrected chi connectivity index (χ2v) is 7.33. The molecule has 1 amide bonds. The van der Waals surface area contributed by atoms with Crippen LogP contribution in [0.3, 0.4) is 0 Å². The maximum absolute atomic E-state index is 12.9. The van der Waals surface area contributed by atoms with Crippen molar-refractivity contribution < 1.29 is 13.9 Å². The van der Waals surface area contributed by atoms with Crippen LogP contribution >= 0.6 is 11.3 Å². The number of methoxy groups -OCH3 is 1. The number of pyridine rings is 1. The molecule has 7 heteroatoms. The normalized spacial score (nSPS) is 10.9. The van der Waals surface area contributed by atoms with Crippen LogP contribution in [0.15, 0.2) is 69.4 Å². The van der Waals surface area contributed by atoms with E-state index in [-0.39, 0.29) is 23.8 Å². The molecule has 0 aliphatic carbocycles. The molecule has 0 bridgehead atoms. The minimum Gasteiger partial charge on any atom is -0.497 e. The van der Waals surface area contributed by atoms with Crippen molar-refractivity contribution >= 4 is 28.1 Å². The number of amides is 1. The molecule has 0 aliphatic rings. The van der Waals surface area contributed by atoms with Gasteiger partial charge in [0.1, 0.15) is 5.75 Å². The molecule has 0 aliphatic heterocycles. The summed E-state index contributed by atoms with van der Waals surface area (Å²) < 4.78 is 10.5. The van der Waals surface area contributed by atoms with Crippen LogP contribution in [0.2, 0.25) is 0 Å². The highest BCUT2D eigenvalue weighted by Crippen LogP contribution is 2.21. The number of rotatable bonds is 6. The molecular formula is C21H18N2O4S. The predicted molar refractivity (Wildman–Crippen MR) is 108 cm³/mol. The van der Waals surface area contributed by atoms with E-state index >= 15 is 0 Å². The average Bonchev–Trinajstić information content (AvgIpc) is 3.41. The molecule has 0 unspecified atom stereocenters. The van der Waals surface area contributed by atoms with Crippen molar-refractivity contribution in [3.05, 3.63) is 86.7 Å². The number of thiophene rings is 1. The summed E-state index contributed by atoms with van der Waals surface area (Å²) in [4.78, 5) is 31.0. The molecule has 0 saturated heterocycles. The molecule has 3 heterocycles. The maximum atomic E-state index is 12.9. The van der Waals surface area contributed by atoms with Gasteiger partial charge in [-0.3, -0.25) is 9.59 Å². The van der Waals surface area contributed by atoms with Crippen LogP contribution < -0.4 is 10.3 Å². The summed E-state index contributed by atoms with van der Waals surface area (Å²) in [5.41, 5.74) is 0.966. The van der Waals surface area contributed by atoms with E-state index in [9.17, 15) is 9.59 Å². The lowest BCUT2D eigenvalue weighted by Gasteiger charge is -2.21. The number of fused-ring (bicyclic) bond motifs is 1. The van der Waals surface area contributed by atoms with Gasteiger partial charge in [-0.05, 0) is 47.2 Å². The van der Waals surface area contributed by atoms with E-state index in [0.29, 0.717) is 23.4 Å². The number of nitrogens with zero attached hydrogens (tertiary/aromatic N) is 1. The molecule has 1 aromatic carbocycles. The number of nitrogens with one attached hydrogen (secondary N) is 1. The van der Waals surface area contributed by atoms with E-state index in [1.807, 2.05) is 35.7 Å². The largest absolute Gasteiger partial charge is 0.497 e. The van der Waals surface area contributed by atoms with Crippen molar-refractivity contribution in [3.8, 4) is 5.75 Å². The Labute approximate surface area is 165 Å². The van der Waals surface area contributed by atoms with Gasteiger partial charge in [0.25, 0.3) is 11.5 Å². The van der Waals surface area contributed by atoms with E-state index in [0.717, 1.165) is 10.3 Å². The van der Waals surface area contributed by atoms with Crippen LogP contribution in [0.25, 0.3) is 10.9 Å². The highest BCUT2D eigenvalue weighted by Gasteiger charge is 2.21. The highest BCUT2D eigenvalue weighted by atomic mass is 32.1. The number of H-pyrrole nitrogens is 1. The van der Waals surface area contributed by atoms with Crippen molar-refractivity contribution in [1.82, 2.24) is 9.88 Å². The van der Waals surface area contributed by atoms with Crippen molar-refractivity contribution in [2.24, 2.45) is 0 Å². The SMILES string of the molecule is COc1ccc2cc(CN(Cc3cccs3)C(=O)c3ccco3)c(=O)[nH]c2c1. The lowest BCUT2D eigenvalue weighted by Crippen LogP contribution is -2.32. The first kappa shape index (κ1) is 18.1. The minimum atomic E-state index is -0.257. The second kappa shape index (κ2) is 7.74. The Morgan fingerprint density at radius 1 is 1.18 bits per heavy atom. The quantitative estimate of drug-likeness (QED) is 0.536. The van der Waals surface area contributed by atoms with Crippen LogP contribution in [0, 0.1) is 0 Å². The summed E-state index contributed by atoms with van der Waals surface area (Å²) in [6.07, 6.45) is 1.47. The zero-order chi connectivity index (χ0) is 19.5. The summed E-state index contributed by atoms with van der Waals surface area (Å²) in [6.45, 7) is 0.575. The van der Waals surface area contributed by atoms with E-state index in [2.05, 4.69) is 4.98 Å². The van der Waals surface area contributed by atoms with Gasteiger partial charge >= 0.3 is 0 Å². The first-order valence-corrected chi connectivity index (χ1v) is 9.57. The van der Waals surface area contributed by atoms with Gasteiger partial charge < -0.3 is 19.0 Å². The topological polar surface area (TPSA) is 75.5 Å². The predicted octanol–water partition coefficient (Wildman–Crippen LogP) is 4.03. The fourth-order valence-corrected chi connectivity index (χ4v) is 3.74. The summed E-state index contributed by atoms with van der Waals surface area (Å²) in [7, 11) is 1.58. The molecular weight excluding hydrogens is 376 g/mol. The number of carbonyl (C=O) groups excluding carboxylic acids is 1. The Balaban J connectivity index is 1.68. The summed E-state index contributed by atoms with van der Waals surface area (Å²) >= 11 is 1.56. The Hall–Kier alpha value is -3.32. The highest BCUT2D eigenvalue weighted by molar-refractivity contribution is 7.09. The lowest BCUT2D eigenvalue weighted by atomic mass is 10.1. The number of ether oxygens (including phenoxy) is 1. The molecule has 0 atom stereocenters. The van der Waals surface area contributed by atoms with Gasteiger partial charge in [0.2, 0.25) is 0 Å². The first-order chi connectivity index (χ1) is 13.6. The monoisotopic (exact) mass is 394 g/mol. The van der Waals surface area contributed by atoms with Gasteiger partial charge in [-0.2, -0.15) is 0 Å². The summed E-state index contributed by atoms with van der Waals surface area (Å²) in [5.74, 6) is 0.661. The van der Waals surface area contributed by atoms with Gasteiger partial charge in [-0.25, -0.2) is 0 Å². The second-order valence-electron chi connectivity index (χ2n) is 6.29. The van der Waals surface area contributed by atoms with E-state index in [1.165, 1.54) is 6.26 Å². The zero-order valence-corrected chi connectivity index (χ0v) is 16.0. The van der Waals surface area contributed by atoms with Gasteiger partial charge in [-0.1, -0.05) is 6.07 Å². The number of carbonyl (C=O) groups is 1. The van der Waals surface area contributed by atoms with Crippen LogP contribution in [0.1, 0.15) is 21.0 Å². The molecule has 6 nitrogen and oxygen atoms in total. The molecule has 28 heavy (non-hydrogen) atoms. The first-order valence-electron chi connectivity index (χ1n) is 8.69. The summed E-state index contributed by atoms with van der Waals surface area (Å²) in [6, 6.07) is 14.5. The van der Waals surface area contributed by atoms with E-state index in [4.69, 9.17) is 9.15 Å². The fourth-order valence-electron chi connectivity index (χ4n) is 3.02. The third-order valence-corrected chi connectivity index (χ3v) is 5.30. The molecule has 3 aromatic heterocycles. The van der Waals surface area contributed by atoms with Crippen LogP contribution in [-0.4, -0.2) is 22.9 Å². The number of hydrogen-bond acceptors (Lipinski definition) is 5. The number of aromatic nitrogens is 1. The fraction of sp³-hybridized carbons (Fsp3) is 0.143. The summed E-state index contributed by atoms with van der Waals surface area (Å²) in [5, 5.41) is 2.83. The molecule has 1 N–H and O–H groups in total. The Morgan fingerprint density at radius 3 is 2.79 bits per heavy atom. The van der Waals surface area contributed by atoms with Crippen LogP contribution in [0.4, 0.5) is 0 Å². The Kier molecular flexibility index (Phi) is 4.99. The maximum Gasteiger partial charge on any atom is 0.290 e. The number of furan rings is 1. The number of benzene rings is 1. The van der Waals surface area contributed by atoms with Crippen LogP contribution in [-0.2, 0) is 13.1 Å². The van der Waals surface area contributed by atoms with Crippen molar-refractivity contribution in [3.63, 3.8) is 0 Å². The molecule has 0 radical (unpaired) electrons. The Morgan fingerprint density at radius 2 is 2.07 bits per heavy atom. The standard InChI is InChI=1S/C21H18N2O4S/c1-26-16-7-6-14-10-15(20(24)22-18(14)11-16)12-23(13-17-4-3-9-28-17)21(25)19-5-2-8-27-19/h2-11H,12-13H2,1H3,(H,22,24). The van der Waals surface area contributed by atoms with Crippen LogP contribution in [0.5, 0.6) is 5.75 Å². The van der Waals surface area contributed by atoms with E-state index < -0.39 is 0 Å². The van der Waals surface area contributed by atoms with Gasteiger partial charge in [0.05, 0.1) is 32.0 Å². The van der Waals surface area contributed by atoms with Gasteiger partial charge in [0.15, 0.2) is 5.76 Å². The third kappa shape index (κ3) is 3.70. The minimum absolute atomic E-state index is 0.175. The lowest BCUT2D eigenvalue weighted by molar-refractivity contribution is 0.0699.